The van der Waals surface area contributed by atoms with Crippen molar-refractivity contribution in [3.63, 3.8) is 0 Å². The number of hydrogen-bond donors (Lipinski definition) is 2. The highest BCUT2D eigenvalue weighted by Gasteiger charge is 2.34. The lowest BCUT2D eigenvalue weighted by atomic mass is 10.0. The number of carbonyl (C=O) groups excluding carboxylic acids is 2. The van der Waals surface area contributed by atoms with Crippen molar-refractivity contribution in [2.75, 3.05) is 19.7 Å². The molecule has 0 aromatic rings. The molecule has 0 aliphatic heterocycles. The summed E-state index contributed by atoms with van der Waals surface area (Å²) in [5.41, 5.74) is -1.18. The number of ether oxygens (including phenoxy) is 1. The first-order valence-corrected chi connectivity index (χ1v) is 5.70. The van der Waals surface area contributed by atoms with E-state index >= 15 is 0 Å². The van der Waals surface area contributed by atoms with Gasteiger partial charge in [0.1, 0.15) is 5.54 Å². The molecule has 7 nitrogen and oxygen atoms in total. The maximum absolute atomic E-state index is 11.5. The molecule has 0 aliphatic carbocycles. The van der Waals surface area contributed by atoms with Gasteiger partial charge in [-0.3, -0.25) is 19.8 Å². The van der Waals surface area contributed by atoms with E-state index in [-0.39, 0.29) is 13.2 Å². The molecule has 18 heavy (non-hydrogen) atoms. The molecule has 0 saturated carbocycles. The fourth-order valence-electron chi connectivity index (χ4n) is 1.33. The molecule has 0 radical (unpaired) electrons. The number of nitrogens with zero attached hydrogens (tertiary/aromatic N) is 1. The second-order valence-electron chi connectivity index (χ2n) is 4.15. The van der Waals surface area contributed by atoms with Crippen LogP contribution in [0.3, 0.4) is 0 Å². The van der Waals surface area contributed by atoms with Crippen LogP contribution in [0, 0.1) is 0 Å². The summed E-state index contributed by atoms with van der Waals surface area (Å²) in [6.45, 7) is 6.70. The minimum Gasteiger partial charge on any atom is -0.480 e. The highest BCUT2D eigenvalue weighted by molar-refractivity contribution is 5.93. The largest absolute Gasteiger partial charge is 0.480 e. The first kappa shape index (κ1) is 16.4. The zero-order chi connectivity index (χ0) is 14.3. The Morgan fingerprint density at radius 2 is 1.83 bits per heavy atom. The summed E-state index contributed by atoms with van der Waals surface area (Å²) in [6, 6.07) is 0. The molecular formula is C11H20N2O5. The molecule has 104 valence electrons. The van der Waals surface area contributed by atoms with Crippen LogP contribution in [0.25, 0.3) is 0 Å². The molecule has 0 aromatic heterocycles. The minimum absolute atomic E-state index is 0.164. The molecule has 0 unspecified atom stereocenters. The molecule has 0 rings (SSSR count). The lowest BCUT2D eigenvalue weighted by molar-refractivity contribution is -0.150. The van der Waals surface area contributed by atoms with E-state index in [9.17, 15) is 14.4 Å². The predicted molar refractivity (Wildman–Crippen MR) is 64.1 cm³/mol. The fraction of sp³-hybridized carbons (Fsp3) is 0.727. The Balaban J connectivity index is 4.51. The number of amides is 2. The van der Waals surface area contributed by atoms with Gasteiger partial charge in [0, 0.05) is 0 Å². The quantitative estimate of drug-likeness (QED) is 0.719. The lowest BCUT2D eigenvalue weighted by Crippen LogP contribution is -2.53. The van der Waals surface area contributed by atoms with Gasteiger partial charge in [0.2, 0.25) is 5.91 Å². The van der Waals surface area contributed by atoms with E-state index in [1.54, 1.807) is 13.8 Å². The standard InChI is InChI=1S/C11H20N2O5/c1-5-13(11(3,4)9(15)16)7-8(14)12-10(17)18-6-2/h5-7H2,1-4H3,(H,15,16)(H,12,14,17). The molecule has 2 amide bonds. The van der Waals surface area contributed by atoms with E-state index in [0.29, 0.717) is 6.54 Å². The third-order valence-corrected chi connectivity index (χ3v) is 2.55. The van der Waals surface area contributed by atoms with Gasteiger partial charge < -0.3 is 9.84 Å². The van der Waals surface area contributed by atoms with Crippen molar-refractivity contribution in [3.05, 3.63) is 0 Å². The van der Waals surface area contributed by atoms with Crippen LogP contribution >= 0.6 is 0 Å². The smallest absolute Gasteiger partial charge is 0.413 e. The van der Waals surface area contributed by atoms with Gasteiger partial charge in [-0.15, -0.1) is 0 Å². The van der Waals surface area contributed by atoms with Crippen molar-refractivity contribution in [2.45, 2.75) is 33.2 Å². The van der Waals surface area contributed by atoms with Crippen molar-refractivity contribution in [1.29, 1.82) is 0 Å². The number of hydrogen-bond acceptors (Lipinski definition) is 5. The molecule has 0 bridgehead atoms. The molecule has 0 aromatic carbocycles. The number of carboxylic acid groups (broad SMARTS) is 1. The minimum atomic E-state index is -1.18. The van der Waals surface area contributed by atoms with Crippen molar-refractivity contribution in [1.82, 2.24) is 10.2 Å². The maximum atomic E-state index is 11.5. The van der Waals surface area contributed by atoms with Crippen LogP contribution in [0.2, 0.25) is 0 Å². The van der Waals surface area contributed by atoms with Gasteiger partial charge in [0.15, 0.2) is 0 Å². The van der Waals surface area contributed by atoms with Crippen LogP contribution < -0.4 is 5.32 Å². The first-order valence-electron chi connectivity index (χ1n) is 5.70. The second kappa shape index (κ2) is 6.95. The normalized spacial score (nSPS) is 11.2. The third-order valence-electron chi connectivity index (χ3n) is 2.55. The molecule has 2 N–H and O–H groups in total. The van der Waals surface area contributed by atoms with E-state index in [0.717, 1.165) is 0 Å². The van der Waals surface area contributed by atoms with Crippen LogP contribution in [0.4, 0.5) is 4.79 Å². The monoisotopic (exact) mass is 260 g/mol. The number of carboxylic acids is 1. The summed E-state index contributed by atoms with van der Waals surface area (Å²) in [5.74, 6) is -1.63. The third kappa shape index (κ3) is 4.70. The molecule has 0 fully saturated rings. The SMILES string of the molecule is CCOC(=O)NC(=O)CN(CC)C(C)(C)C(=O)O. The average molecular weight is 260 g/mol. The summed E-state index contributed by atoms with van der Waals surface area (Å²) < 4.78 is 4.56. The molecule has 0 spiro atoms. The Labute approximate surface area is 106 Å². The molecule has 0 atom stereocenters. The number of aliphatic carboxylic acids is 1. The van der Waals surface area contributed by atoms with Crippen molar-refractivity contribution in [3.8, 4) is 0 Å². The summed E-state index contributed by atoms with van der Waals surface area (Å²) >= 11 is 0. The molecule has 0 aliphatic rings. The number of alkyl carbamates (subject to hydrolysis) is 1. The Kier molecular flexibility index (Phi) is 6.32. The van der Waals surface area contributed by atoms with Gasteiger partial charge in [-0.05, 0) is 27.3 Å². The van der Waals surface area contributed by atoms with E-state index in [2.05, 4.69) is 4.74 Å². The molecular weight excluding hydrogens is 240 g/mol. The van der Waals surface area contributed by atoms with Gasteiger partial charge in [-0.1, -0.05) is 6.92 Å². The van der Waals surface area contributed by atoms with E-state index in [4.69, 9.17) is 5.11 Å². The number of likely N-dealkylation sites (N-methyl/N-ethyl adjacent to an activating group) is 1. The maximum Gasteiger partial charge on any atom is 0.413 e. The van der Waals surface area contributed by atoms with Gasteiger partial charge in [0.25, 0.3) is 0 Å². The van der Waals surface area contributed by atoms with Crippen LogP contribution in [0.1, 0.15) is 27.7 Å². The Morgan fingerprint density at radius 3 is 2.22 bits per heavy atom. The summed E-state index contributed by atoms with van der Waals surface area (Å²) in [5, 5.41) is 11.1. The predicted octanol–water partition coefficient (Wildman–Crippen LogP) is 0.444. The van der Waals surface area contributed by atoms with E-state index < -0.39 is 23.5 Å². The highest BCUT2D eigenvalue weighted by atomic mass is 16.5. The van der Waals surface area contributed by atoms with Crippen LogP contribution in [-0.2, 0) is 14.3 Å². The van der Waals surface area contributed by atoms with Crippen LogP contribution in [0.15, 0.2) is 0 Å². The summed E-state index contributed by atoms with van der Waals surface area (Å²) in [7, 11) is 0. The van der Waals surface area contributed by atoms with Crippen molar-refractivity contribution in [2.24, 2.45) is 0 Å². The number of nitrogens with one attached hydrogen (secondary N) is 1. The number of carbonyl (C=O) groups is 3. The molecule has 0 heterocycles. The number of imide groups is 1. The number of rotatable bonds is 6. The van der Waals surface area contributed by atoms with Gasteiger partial charge in [-0.25, -0.2) is 4.79 Å². The molecule has 7 heteroatoms. The van der Waals surface area contributed by atoms with E-state index in [1.807, 2.05) is 5.32 Å². The zero-order valence-corrected chi connectivity index (χ0v) is 11.1. The Bertz CT molecular complexity index is 327. The fourth-order valence-corrected chi connectivity index (χ4v) is 1.33. The molecule has 0 saturated heterocycles. The van der Waals surface area contributed by atoms with Gasteiger partial charge in [0.05, 0.1) is 13.2 Å². The Hall–Kier alpha value is -1.63. The van der Waals surface area contributed by atoms with Crippen LogP contribution in [-0.4, -0.2) is 53.2 Å². The van der Waals surface area contributed by atoms with Gasteiger partial charge >= 0.3 is 12.1 Å². The first-order chi connectivity index (χ1) is 8.25. The average Bonchev–Trinajstić information content (AvgIpc) is 2.25. The van der Waals surface area contributed by atoms with Crippen LogP contribution in [0.5, 0.6) is 0 Å². The van der Waals surface area contributed by atoms with Crippen molar-refractivity contribution >= 4 is 18.0 Å². The summed E-state index contributed by atoms with van der Waals surface area (Å²) in [6.07, 6.45) is -0.827. The highest BCUT2D eigenvalue weighted by Crippen LogP contribution is 2.13. The second-order valence-corrected chi connectivity index (χ2v) is 4.15. The Morgan fingerprint density at radius 1 is 1.28 bits per heavy atom. The van der Waals surface area contributed by atoms with E-state index in [1.165, 1.54) is 18.7 Å². The zero-order valence-electron chi connectivity index (χ0n) is 11.1. The van der Waals surface area contributed by atoms with Crippen molar-refractivity contribution < 1.29 is 24.2 Å². The topological polar surface area (TPSA) is 95.9 Å². The van der Waals surface area contributed by atoms with Gasteiger partial charge in [-0.2, -0.15) is 0 Å². The summed E-state index contributed by atoms with van der Waals surface area (Å²) in [4.78, 5) is 35.0. The lowest BCUT2D eigenvalue weighted by Gasteiger charge is -2.33.